The Morgan fingerprint density at radius 1 is 1.71 bits per heavy atom. The van der Waals surface area contributed by atoms with Crippen molar-refractivity contribution in [2.45, 2.75) is 6.92 Å². The van der Waals surface area contributed by atoms with Crippen LogP contribution in [0.5, 0.6) is 0 Å². The standard InChI is InChI=1S/C5H9NS/c1-5(6)3-2-4-7/h2-4,7H,6H2,1H3/b4-2-,5-3+. The summed E-state index contributed by atoms with van der Waals surface area (Å²) >= 11 is 3.81. The lowest BCUT2D eigenvalue weighted by Crippen LogP contribution is -1.87. The molecule has 0 heterocycles. The molecule has 0 amide bonds. The van der Waals surface area contributed by atoms with Crippen molar-refractivity contribution in [3.63, 3.8) is 0 Å². The normalized spacial score (nSPS) is 13.1. The van der Waals surface area contributed by atoms with Gasteiger partial charge in [-0.15, -0.1) is 0 Å². The molecule has 0 aliphatic rings. The lowest BCUT2D eigenvalue weighted by atomic mass is 10.4. The van der Waals surface area contributed by atoms with E-state index in [1.54, 1.807) is 17.6 Å². The van der Waals surface area contributed by atoms with Gasteiger partial charge in [0.15, 0.2) is 0 Å². The lowest BCUT2D eigenvalue weighted by molar-refractivity contribution is 1.32. The number of thiol groups is 1. The maximum absolute atomic E-state index is 5.25. The molecule has 0 rings (SSSR count). The van der Waals surface area contributed by atoms with Crippen LogP contribution in [0.25, 0.3) is 0 Å². The van der Waals surface area contributed by atoms with E-state index in [1.807, 2.05) is 6.92 Å². The van der Waals surface area contributed by atoms with Crippen molar-refractivity contribution in [1.29, 1.82) is 0 Å². The quantitative estimate of drug-likeness (QED) is 0.391. The zero-order valence-corrected chi connectivity index (χ0v) is 5.15. The second kappa shape index (κ2) is 3.81. The average molecular weight is 115 g/mol. The van der Waals surface area contributed by atoms with Gasteiger partial charge >= 0.3 is 0 Å². The van der Waals surface area contributed by atoms with Gasteiger partial charge in [0.1, 0.15) is 0 Å². The van der Waals surface area contributed by atoms with E-state index in [1.165, 1.54) is 0 Å². The molecule has 7 heavy (non-hydrogen) atoms. The molecule has 40 valence electrons. The number of hydrogen-bond acceptors (Lipinski definition) is 2. The molecule has 0 aromatic carbocycles. The van der Waals surface area contributed by atoms with Gasteiger partial charge in [0, 0.05) is 5.70 Å². The van der Waals surface area contributed by atoms with Gasteiger partial charge in [0.2, 0.25) is 0 Å². The van der Waals surface area contributed by atoms with Gasteiger partial charge in [0.25, 0.3) is 0 Å². The van der Waals surface area contributed by atoms with Crippen LogP contribution in [0.15, 0.2) is 23.3 Å². The zero-order valence-electron chi connectivity index (χ0n) is 4.26. The highest BCUT2D eigenvalue weighted by Crippen LogP contribution is 1.82. The molecule has 0 aliphatic carbocycles. The first-order valence-corrected chi connectivity index (χ1v) is 2.52. The summed E-state index contributed by atoms with van der Waals surface area (Å²) in [5.74, 6) is 0. The third kappa shape index (κ3) is 5.63. The van der Waals surface area contributed by atoms with Crippen LogP contribution in [-0.4, -0.2) is 0 Å². The van der Waals surface area contributed by atoms with Crippen molar-refractivity contribution >= 4 is 12.6 Å². The van der Waals surface area contributed by atoms with E-state index in [0.29, 0.717) is 0 Å². The van der Waals surface area contributed by atoms with E-state index in [0.717, 1.165) is 5.70 Å². The molecule has 2 N–H and O–H groups in total. The van der Waals surface area contributed by atoms with Crippen molar-refractivity contribution in [3.05, 3.63) is 23.3 Å². The topological polar surface area (TPSA) is 26.0 Å². The predicted octanol–water partition coefficient (Wildman–Crippen LogP) is 1.29. The Labute approximate surface area is 49.3 Å². The summed E-state index contributed by atoms with van der Waals surface area (Å²) in [6.07, 6.45) is 3.56. The van der Waals surface area contributed by atoms with Gasteiger partial charge in [0.05, 0.1) is 0 Å². The Bertz CT molecular complexity index is 90.3. The SMILES string of the molecule is C/C(N)=C\C=C/S. The van der Waals surface area contributed by atoms with Crippen molar-refractivity contribution in [1.82, 2.24) is 0 Å². The van der Waals surface area contributed by atoms with Gasteiger partial charge in [-0.2, -0.15) is 12.6 Å². The summed E-state index contributed by atoms with van der Waals surface area (Å²) in [6.45, 7) is 1.83. The lowest BCUT2D eigenvalue weighted by Gasteiger charge is -1.79. The molecule has 2 heteroatoms. The van der Waals surface area contributed by atoms with Crippen molar-refractivity contribution < 1.29 is 0 Å². The number of hydrogen-bond donors (Lipinski definition) is 2. The van der Waals surface area contributed by atoms with Crippen LogP contribution >= 0.6 is 12.6 Å². The second-order valence-corrected chi connectivity index (χ2v) is 1.55. The van der Waals surface area contributed by atoms with Crippen LogP contribution in [0, 0.1) is 0 Å². The summed E-state index contributed by atoms with van der Waals surface area (Å²) in [7, 11) is 0. The zero-order chi connectivity index (χ0) is 5.70. The van der Waals surface area contributed by atoms with Crippen LogP contribution in [0.2, 0.25) is 0 Å². The van der Waals surface area contributed by atoms with Crippen molar-refractivity contribution in [3.8, 4) is 0 Å². The first kappa shape index (κ1) is 6.63. The Morgan fingerprint density at radius 3 is 2.43 bits per heavy atom. The maximum Gasteiger partial charge on any atom is 0.00490 e. The first-order chi connectivity index (χ1) is 3.27. The molecule has 0 saturated carbocycles. The van der Waals surface area contributed by atoms with Crippen molar-refractivity contribution in [2.75, 3.05) is 0 Å². The van der Waals surface area contributed by atoms with E-state index in [9.17, 15) is 0 Å². The van der Waals surface area contributed by atoms with Crippen LogP contribution in [0.4, 0.5) is 0 Å². The van der Waals surface area contributed by atoms with Crippen LogP contribution in [0.3, 0.4) is 0 Å². The summed E-state index contributed by atoms with van der Waals surface area (Å²) < 4.78 is 0. The predicted molar refractivity (Wildman–Crippen MR) is 36.1 cm³/mol. The molecule has 0 bridgehead atoms. The summed E-state index contributed by atoms with van der Waals surface area (Å²) in [5, 5.41) is 1.64. The van der Waals surface area contributed by atoms with Gasteiger partial charge in [-0.25, -0.2) is 0 Å². The smallest absolute Gasteiger partial charge is 0.00490 e. The van der Waals surface area contributed by atoms with Crippen LogP contribution in [-0.2, 0) is 0 Å². The highest BCUT2D eigenvalue weighted by Gasteiger charge is 1.65. The molecule has 0 aromatic heterocycles. The Kier molecular flexibility index (Phi) is 3.61. The van der Waals surface area contributed by atoms with Gasteiger partial charge < -0.3 is 5.73 Å². The molecule has 0 aromatic rings. The minimum absolute atomic E-state index is 0.797. The minimum Gasteiger partial charge on any atom is -0.402 e. The number of nitrogens with two attached hydrogens (primary N) is 1. The van der Waals surface area contributed by atoms with E-state index >= 15 is 0 Å². The first-order valence-electron chi connectivity index (χ1n) is 2.00. The fraction of sp³-hybridized carbons (Fsp3) is 0.200. The second-order valence-electron chi connectivity index (χ2n) is 1.25. The maximum atomic E-state index is 5.25. The third-order valence-electron chi connectivity index (χ3n) is 0.445. The molecule has 0 fully saturated rings. The van der Waals surface area contributed by atoms with Crippen molar-refractivity contribution in [2.24, 2.45) is 5.73 Å². The van der Waals surface area contributed by atoms with Gasteiger partial charge in [-0.05, 0) is 18.4 Å². The van der Waals surface area contributed by atoms with E-state index < -0.39 is 0 Å². The summed E-state index contributed by atoms with van der Waals surface area (Å²) in [5.41, 5.74) is 6.05. The molecule has 0 spiro atoms. The molecular weight excluding hydrogens is 106 g/mol. The van der Waals surface area contributed by atoms with Gasteiger partial charge in [-0.3, -0.25) is 0 Å². The fourth-order valence-corrected chi connectivity index (χ4v) is 0.281. The molecule has 0 aliphatic heterocycles. The highest BCUT2D eigenvalue weighted by atomic mass is 32.1. The largest absolute Gasteiger partial charge is 0.402 e. The minimum atomic E-state index is 0.797. The monoisotopic (exact) mass is 115 g/mol. The molecule has 0 atom stereocenters. The molecule has 0 radical (unpaired) electrons. The molecule has 1 nitrogen and oxygen atoms in total. The van der Waals surface area contributed by atoms with E-state index in [-0.39, 0.29) is 0 Å². The van der Waals surface area contributed by atoms with Crippen LogP contribution in [0.1, 0.15) is 6.92 Å². The summed E-state index contributed by atoms with van der Waals surface area (Å²) in [6, 6.07) is 0. The summed E-state index contributed by atoms with van der Waals surface area (Å²) in [4.78, 5) is 0. The molecule has 0 unspecified atom stereocenters. The Morgan fingerprint density at radius 2 is 2.29 bits per heavy atom. The Balaban J connectivity index is 3.46. The third-order valence-corrected chi connectivity index (χ3v) is 0.617. The van der Waals surface area contributed by atoms with E-state index in [4.69, 9.17) is 5.73 Å². The van der Waals surface area contributed by atoms with Gasteiger partial charge in [-0.1, -0.05) is 6.08 Å². The fourth-order valence-electron chi connectivity index (χ4n) is 0.195. The molecular formula is C5H9NS. The Hall–Kier alpha value is -0.370. The number of rotatable bonds is 1. The molecule has 0 saturated heterocycles. The van der Waals surface area contributed by atoms with E-state index in [2.05, 4.69) is 12.6 Å². The number of allylic oxidation sites excluding steroid dienone is 3. The average Bonchev–Trinajstić information content (AvgIpc) is 1.61. The van der Waals surface area contributed by atoms with Crippen LogP contribution < -0.4 is 5.73 Å². The highest BCUT2D eigenvalue weighted by molar-refractivity contribution is 7.83.